The second-order valence-corrected chi connectivity index (χ2v) is 11.8. The van der Waals surface area contributed by atoms with E-state index >= 15 is 0 Å². The summed E-state index contributed by atoms with van der Waals surface area (Å²) >= 11 is 0. The van der Waals surface area contributed by atoms with Crippen molar-refractivity contribution in [2.75, 3.05) is 6.61 Å². The van der Waals surface area contributed by atoms with Gasteiger partial charge in [-0.05, 0) is 92.3 Å². The lowest BCUT2D eigenvalue weighted by molar-refractivity contribution is -0.171. The molecular weight excluding hydrogens is 420 g/mol. The van der Waals surface area contributed by atoms with E-state index in [2.05, 4.69) is 13.8 Å². The van der Waals surface area contributed by atoms with Crippen molar-refractivity contribution in [3.05, 3.63) is 0 Å². The van der Waals surface area contributed by atoms with Crippen LogP contribution in [-0.4, -0.2) is 36.7 Å². The summed E-state index contributed by atoms with van der Waals surface area (Å²) in [5.74, 6) is 2.13. The molecule has 0 heterocycles. The lowest BCUT2D eigenvalue weighted by Gasteiger charge is -2.61. The third-order valence-electron chi connectivity index (χ3n) is 10.2. The minimum absolute atomic E-state index is 0.0904. The van der Waals surface area contributed by atoms with Gasteiger partial charge in [0, 0.05) is 26.7 Å². The van der Waals surface area contributed by atoms with E-state index in [1.54, 1.807) is 0 Å². The van der Waals surface area contributed by atoms with Crippen molar-refractivity contribution >= 4 is 17.9 Å². The number of fused-ring (bicyclic) bond motifs is 5. The zero-order valence-electron chi connectivity index (χ0n) is 21.1. The van der Waals surface area contributed by atoms with E-state index in [4.69, 9.17) is 14.2 Å². The minimum atomic E-state index is -0.357. The van der Waals surface area contributed by atoms with E-state index in [0.717, 1.165) is 38.5 Å². The van der Waals surface area contributed by atoms with Gasteiger partial charge in [-0.3, -0.25) is 14.4 Å². The highest BCUT2D eigenvalue weighted by Gasteiger charge is 2.61. The van der Waals surface area contributed by atoms with Gasteiger partial charge in [0.25, 0.3) is 0 Å². The maximum atomic E-state index is 11.8. The third-order valence-corrected chi connectivity index (χ3v) is 10.2. The number of ether oxygens (including phenoxy) is 3. The number of rotatable bonds is 5. The predicted molar refractivity (Wildman–Crippen MR) is 123 cm³/mol. The van der Waals surface area contributed by atoms with E-state index in [1.165, 1.54) is 40.0 Å². The van der Waals surface area contributed by atoms with Gasteiger partial charge in [0.2, 0.25) is 0 Å². The van der Waals surface area contributed by atoms with Crippen molar-refractivity contribution < 1.29 is 28.6 Å². The molecule has 4 rings (SSSR count). The van der Waals surface area contributed by atoms with Gasteiger partial charge in [0.1, 0.15) is 18.8 Å². The Morgan fingerprint density at radius 3 is 2.18 bits per heavy atom. The lowest BCUT2D eigenvalue weighted by Crippen LogP contribution is -2.55. The van der Waals surface area contributed by atoms with Gasteiger partial charge in [0.15, 0.2) is 0 Å². The molecule has 4 aliphatic carbocycles. The summed E-state index contributed by atoms with van der Waals surface area (Å²) in [7, 11) is 0. The molecule has 33 heavy (non-hydrogen) atoms. The molecule has 0 aliphatic heterocycles. The lowest BCUT2D eigenvalue weighted by atomic mass is 9.44. The molecule has 4 saturated carbocycles. The number of hydrogen-bond acceptors (Lipinski definition) is 6. The van der Waals surface area contributed by atoms with Crippen molar-refractivity contribution in [2.45, 2.75) is 105 Å². The van der Waals surface area contributed by atoms with Crippen LogP contribution >= 0.6 is 0 Å². The fourth-order valence-electron chi connectivity index (χ4n) is 8.86. The number of hydrogen-bond donors (Lipinski definition) is 0. The first kappa shape index (κ1) is 24.5. The van der Waals surface area contributed by atoms with Crippen LogP contribution in [0.15, 0.2) is 0 Å². The standard InChI is InChI=1S/C27H42O6/c1-16(28)31-15-25(33-18(3)30)24-9-8-22-21-7-6-19-14-20(32-17(2)29)10-12-26(19,4)23(21)11-13-27(22,24)5/h19-25H,6-15H2,1-5H3/t19-,20+,21-,22+,23+,24-,25-,26-,27+/m0/s1. The van der Waals surface area contributed by atoms with Crippen LogP contribution in [-0.2, 0) is 28.6 Å². The Morgan fingerprint density at radius 1 is 0.818 bits per heavy atom. The summed E-state index contributed by atoms with van der Waals surface area (Å²) in [4.78, 5) is 34.8. The quantitative estimate of drug-likeness (QED) is 0.419. The van der Waals surface area contributed by atoms with Crippen LogP contribution < -0.4 is 0 Å². The molecule has 0 radical (unpaired) electrons. The van der Waals surface area contributed by atoms with Crippen LogP contribution in [0, 0.1) is 40.4 Å². The summed E-state index contributed by atoms with van der Waals surface area (Å²) in [5, 5.41) is 0. The first-order valence-corrected chi connectivity index (χ1v) is 13.0. The molecule has 4 fully saturated rings. The van der Waals surface area contributed by atoms with Gasteiger partial charge in [-0.25, -0.2) is 0 Å². The van der Waals surface area contributed by atoms with Gasteiger partial charge in [-0.15, -0.1) is 0 Å². The summed E-state index contributed by atoms with van der Waals surface area (Å²) in [6.45, 7) is 9.45. The molecule has 0 bridgehead atoms. The zero-order chi connectivity index (χ0) is 24.0. The zero-order valence-corrected chi connectivity index (χ0v) is 21.1. The summed E-state index contributed by atoms with van der Waals surface area (Å²) in [6, 6.07) is 0. The fraction of sp³-hybridized carbons (Fsp3) is 0.889. The average Bonchev–Trinajstić information content (AvgIpc) is 3.08. The summed E-state index contributed by atoms with van der Waals surface area (Å²) in [5.41, 5.74) is 0.436. The summed E-state index contributed by atoms with van der Waals surface area (Å²) < 4.78 is 16.6. The van der Waals surface area contributed by atoms with Crippen molar-refractivity contribution in [2.24, 2.45) is 40.4 Å². The van der Waals surface area contributed by atoms with Crippen molar-refractivity contribution in [3.8, 4) is 0 Å². The number of carbonyl (C=O) groups is 3. The Balaban J connectivity index is 1.50. The maximum absolute atomic E-state index is 11.8. The molecule has 9 atom stereocenters. The SMILES string of the molecule is CC(=O)OC[C@H](OC(C)=O)[C@@H]1CC[C@@H]2[C@@H]3CC[C@H]4C[C@H](OC(C)=O)CC[C@]4(C)[C@@H]3CC[C@]21C. The third kappa shape index (κ3) is 4.55. The Bertz CT molecular complexity index is 779. The molecule has 6 nitrogen and oxygen atoms in total. The molecule has 0 amide bonds. The molecule has 0 aromatic rings. The highest BCUT2D eigenvalue weighted by Crippen LogP contribution is 2.68. The highest BCUT2D eigenvalue weighted by atomic mass is 16.6. The van der Waals surface area contributed by atoms with Crippen LogP contribution in [0.1, 0.15) is 92.4 Å². The first-order chi connectivity index (χ1) is 15.5. The van der Waals surface area contributed by atoms with Gasteiger partial charge in [-0.2, -0.15) is 0 Å². The Labute approximate surface area is 198 Å². The molecule has 0 N–H and O–H groups in total. The molecule has 186 valence electrons. The second kappa shape index (κ2) is 9.22. The maximum Gasteiger partial charge on any atom is 0.303 e. The van der Waals surface area contributed by atoms with E-state index in [1.807, 2.05) is 0 Å². The Kier molecular flexibility index (Phi) is 6.85. The van der Waals surface area contributed by atoms with E-state index in [0.29, 0.717) is 29.1 Å². The van der Waals surface area contributed by atoms with Crippen molar-refractivity contribution in [1.82, 2.24) is 0 Å². The molecule has 6 heteroatoms. The van der Waals surface area contributed by atoms with E-state index in [-0.39, 0.29) is 48.1 Å². The summed E-state index contributed by atoms with van der Waals surface area (Å²) in [6.07, 6.45) is 9.87. The van der Waals surface area contributed by atoms with Crippen LogP contribution in [0.4, 0.5) is 0 Å². The average molecular weight is 463 g/mol. The van der Waals surface area contributed by atoms with Crippen LogP contribution in [0.25, 0.3) is 0 Å². The topological polar surface area (TPSA) is 78.9 Å². The molecule has 0 spiro atoms. The van der Waals surface area contributed by atoms with E-state index in [9.17, 15) is 14.4 Å². The van der Waals surface area contributed by atoms with Crippen LogP contribution in [0.2, 0.25) is 0 Å². The smallest absolute Gasteiger partial charge is 0.303 e. The largest absolute Gasteiger partial charge is 0.463 e. The fourth-order valence-corrected chi connectivity index (χ4v) is 8.86. The van der Waals surface area contributed by atoms with E-state index < -0.39 is 0 Å². The van der Waals surface area contributed by atoms with Crippen LogP contribution in [0.5, 0.6) is 0 Å². The molecular formula is C27H42O6. The number of esters is 3. The number of carbonyl (C=O) groups excluding carboxylic acids is 3. The van der Waals surface area contributed by atoms with Gasteiger partial charge in [-0.1, -0.05) is 13.8 Å². The Hall–Kier alpha value is -1.59. The van der Waals surface area contributed by atoms with Gasteiger partial charge >= 0.3 is 17.9 Å². The predicted octanol–water partition coefficient (Wildman–Crippen LogP) is 5.07. The first-order valence-electron chi connectivity index (χ1n) is 13.0. The second-order valence-electron chi connectivity index (χ2n) is 11.8. The molecule has 0 saturated heterocycles. The normalized spacial score (nSPS) is 42.8. The Morgan fingerprint density at radius 2 is 1.52 bits per heavy atom. The molecule has 4 aliphatic rings. The minimum Gasteiger partial charge on any atom is -0.463 e. The van der Waals surface area contributed by atoms with Crippen molar-refractivity contribution in [3.63, 3.8) is 0 Å². The van der Waals surface area contributed by atoms with Crippen LogP contribution in [0.3, 0.4) is 0 Å². The monoisotopic (exact) mass is 462 g/mol. The van der Waals surface area contributed by atoms with Gasteiger partial charge < -0.3 is 14.2 Å². The molecule has 0 aromatic heterocycles. The van der Waals surface area contributed by atoms with Gasteiger partial charge in [0.05, 0.1) is 0 Å². The molecule has 0 aromatic carbocycles. The highest BCUT2D eigenvalue weighted by molar-refractivity contribution is 5.67. The van der Waals surface area contributed by atoms with Crippen molar-refractivity contribution in [1.29, 1.82) is 0 Å². The molecule has 0 unspecified atom stereocenters.